The number of carbonyl (C=O) groups excluding carboxylic acids is 1. The van der Waals surface area contributed by atoms with Gasteiger partial charge in [0.15, 0.2) is 17.7 Å². The van der Waals surface area contributed by atoms with Crippen LogP contribution in [0.3, 0.4) is 0 Å². The van der Waals surface area contributed by atoms with E-state index in [9.17, 15) is 20.1 Å². The van der Waals surface area contributed by atoms with Crippen LogP contribution in [0.4, 0.5) is 0 Å². The second kappa shape index (κ2) is 5.78. The van der Waals surface area contributed by atoms with Crippen LogP contribution in [0.15, 0.2) is 29.8 Å². The number of carbonyl (C=O) groups is 1. The molecule has 0 unspecified atom stereocenters. The van der Waals surface area contributed by atoms with E-state index in [1.165, 1.54) is 6.08 Å². The Balaban J connectivity index is 1.45. The van der Waals surface area contributed by atoms with Crippen LogP contribution in [0.2, 0.25) is 0 Å². The topological polar surface area (TPSA) is 112 Å². The zero-order valence-corrected chi connectivity index (χ0v) is 19.9. The van der Waals surface area contributed by atoms with Crippen molar-refractivity contribution in [3.63, 3.8) is 0 Å². The Morgan fingerprint density at radius 1 is 1.15 bits per heavy atom. The summed E-state index contributed by atoms with van der Waals surface area (Å²) in [4.78, 5) is 16.7. The third-order valence-corrected chi connectivity index (χ3v) is 10.3. The van der Waals surface area contributed by atoms with Crippen molar-refractivity contribution < 1.29 is 29.6 Å². The molecule has 7 heteroatoms. The lowest BCUT2D eigenvalue weighted by atomic mass is 9.41. The van der Waals surface area contributed by atoms with Crippen LogP contribution in [0, 0.1) is 11.3 Å². The van der Waals surface area contributed by atoms with Gasteiger partial charge in [-0.3, -0.25) is 4.79 Å². The van der Waals surface area contributed by atoms with Crippen molar-refractivity contribution in [1.29, 1.82) is 0 Å². The normalized spacial score (nSPS) is 46.0. The summed E-state index contributed by atoms with van der Waals surface area (Å²) in [7, 11) is 0. The monoisotopic (exact) mass is 465 g/mol. The van der Waals surface area contributed by atoms with Gasteiger partial charge in [0.25, 0.3) is 0 Å². The molecule has 1 saturated heterocycles. The van der Waals surface area contributed by atoms with Crippen molar-refractivity contribution in [2.75, 3.05) is 0 Å². The van der Waals surface area contributed by atoms with Crippen LogP contribution in [0.1, 0.15) is 58.2 Å². The van der Waals surface area contributed by atoms with Crippen molar-refractivity contribution in [3.05, 3.63) is 41.1 Å². The molecule has 1 aromatic heterocycles. The Labute approximate surface area is 197 Å². The quantitative estimate of drug-likeness (QED) is 0.476. The van der Waals surface area contributed by atoms with E-state index >= 15 is 0 Å². The number of hydrogen-bond acceptors (Lipinski definition) is 6. The smallest absolute Gasteiger partial charge is 0.195 e. The maximum atomic E-state index is 13.1. The van der Waals surface area contributed by atoms with Crippen molar-refractivity contribution in [2.45, 2.75) is 88.0 Å². The van der Waals surface area contributed by atoms with Gasteiger partial charge in [0, 0.05) is 39.4 Å². The van der Waals surface area contributed by atoms with Crippen LogP contribution in [0.5, 0.6) is 5.75 Å². The third kappa shape index (κ3) is 2.02. The summed E-state index contributed by atoms with van der Waals surface area (Å²) in [5.74, 6) is -1.10. The van der Waals surface area contributed by atoms with Gasteiger partial charge < -0.3 is 29.8 Å². The largest absolute Gasteiger partial charge is 0.508 e. The molecule has 34 heavy (non-hydrogen) atoms. The molecule has 0 amide bonds. The minimum Gasteiger partial charge on any atom is -0.508 e. The summed E-state index contributed by atoms with van der Waals surface area (Å²) in [5, 5.41) is 35.3. The lowest BCUT2D eigenvalue weighted by molar-refractivity contribution is -0.274. The number of H-pyrrole nitrogens is 1. The number of benzene rings is 1. The second-order valence-corrected chi connectivity index (χ2v) is 12.1. The molecule has 2 bridgehead atoms. The molecule has 1 aromatic carbocycles. The zero-order chi connectivity index (χ0) is 24.1. The lowest BCUT2D eigenvalue weighted by Gasteiger charge is -2.66. The molecule has 3 heterocycles. The van der Waals surface area contributed by atoms with E-state index in [0.29, 0.717) is 24.8 Å². The van der Waals surface area contributed by atoms with E-state index in [0.717, 1.165) is 28.6 Å². The van der Waals surface area contributed by atoms with Crippen molar-refractivity contribution in [1.82, 2.24) is 4.98 Å². The Bertz CT molecular complexity index is 1330. The molecule has 2 aromatic rings. The number of ether oxygens (including phenoxy) is 2. The Morgan fingerprint density at radius 3 is 2.68 bits per heavy atom. The number of aromatic nitrogens is 1. The highest BCUT2D eigenvalue weighted by molar-refractivity contribution is 5.97. The molecule has 7 atom stereocenters. The third-order valence-electron chi connectivity index (χ3n) is 10.3. The maximum absolute atomic E-state index is 13.1. The standard InChI is InChI=1S/C27H31NO6/c1-23(2)22-18(30)12-19-26(33-22,34-23)8-7-24(3)25(4)13(10-20(31)27(19,24)32)9-16-15-11-14(29)5-6-17(15)28-21(16)25/h5-6,11-13,20,22,28-29,31-32H,7-10H2,1-4H3/t13-,20+,22+,24-,25-,26+,27+/m1/s1. The number of phenols is 1. The number of hydrogen-bond donors (Lipinski definition) is 4. The van der Waals surface area contributed by atoms with Gasteiger partial charge in [-0.15, -0.1) is 0 Å². The fourth-order valence-corrected chi connectivity index (χ4v) is 8.46. The summed E-state index contributed by atoms with van der Waals surface area (Å²) in [6.45, 7) is 7.92. The molecule has 2 aliphatic heterocycles. The van der Waals surface area contributed by atoms with Crippen LogP contribution < -0.4 is 0 Å². The molecule has 3 aliphatic carbocycles. The first-order valence-corrected chi connectivity index (χ1v) is 12.3. The summed E-state index contributed by atoms with van der Waals surface area (Å²) >= 11 is 0. The summed E-state index contributed by atoms with van der Waals surface area (Å²) < 4.78 is 12.7. The van der Waals surface area contributed by atoms with Gasteiger partial charge in [-0.1, -0.05) is 13.8 Å². The van der Waals surface area contributed by atoms with Crippen molar-refractivity contribution >= 4 is 16.7 Å². The van der Waals surface area contributed by atoms with Crippen LogP contribution in [0.25, 0.3) is 10.9 Å². The first kappa shape index (κ1) is 21.1. The summed E-state index contributed by atoms with van der Waals surface area (Å²) in [5.41, 5.74) is -0.288. The van der Waals surface area contributed by atoms with Crippen molar-refractivity contribution in [2.24, 2.45) is 11.3 Å². The van der Waals surface area contributed by atoms with Crippen molar-refractivity contribution in [3.8, 4) is 5.75 Å². The van der Waals surface area contributed by atoms with E-state index in [1.54, 1.807) is 12.1 Å². The molecule has 7 nitrogen and oxygen atoms in total. The summed E-state index contributed by atoms with van der Waals surface area (Å²) in [6.07, 6.45) is 1.92. The van der Waals surface area contributed by atoms with E-state index < -0.39 is 40.0 Å². The predicted octanol–water partition coefficient (Wildman–Crippen LogP) is 3.00. The molecule has 3 fully saturated rings. The molecular weight excluding hydrogens is 434 g/mol. The van der Waals surface area contributed by atoms with Gasteiger partial charge in [-0.05, 0) is 68.9 Å². The number of ketones is 1. The number of aliphatic hydroxyl groups excluding tert-OH is 1. The number of rotatable bonds is 0. The van der Waals surface area contributed by atoms with Crippen LogP contribution >= 0.6 is 0 Å². The number of aromatic hydroxyl groups is 1. The minimum absolute atomic E-state index is 0.101. The Hall–Kier alpha value is -2.19. The number of phenolic OH excluding ortho intramolecular Hbond substituents is 1. The fraction of sp³-hybridized carbons (Fsp3) is 0.593. The summed E-state index contributed by atoms with van der Waals surface area (Å²) in [6, 6.07) is 5.34. The molecule has 2 saturated carbocycles. The molecule has 180 valence electrons. The van der Waals surface area contributed by atoms with Crippen LogP contribution in [-0.2, 0) is 26.1 Å². The average molecular weight is 466 g/mol. The van der Waals surface area contributed by atoms with E-state index in [2.05, 4.69) is 11.9 Å². The highest BCUT2D eigenvalue weighted by Crippen LogP contribution is 2.71. The molecular formula is C27H31NO6. The van der Waals surface area contributed by atoms with Crippen LogP contribution in [-0.4, -0.2) is 55.3 Å². The lowest BCUT2D eigenvalue weighted by Crippen LogP contribution is -2.74. The van der Waals surface area contributed by atoms with E-state index in [1.807, 2.05) is 26.8 Å². The minimum atomic E-state index is -1.70. The van der Waals surface area contributed by atoms with Gasteiger partial charge in [0.2, 0.25) is 0 Å². The predicted molar refractivity (Wildman–Crippen MR) is 123 cm³/mol. The van der Waals surface area contributed by atoms with Gasteiger partial charge in [0.05, 0.1) is 6.10 Å². The fourth-order valence-electron chi connectivity index (χ4n) is 8.46. The zero-order valence-electron chi connectivity index (χ0n) is 19.9. The van der Waals surface area contributed by atoms with Gasteiger partial charge in [-0.25, -0.2) is 0 Å². The average Bonchev–Trinajstić information content (AvgIpc) is 3.34. The first-order chi connectivity index (χ1) is 15.9. The van der Waals surface area contributed by atoms with E-state index in [4.69, 9.17) is 9.47 Å². The highest BCUT2D eigenvalue weighted by atomic mass is 16.8. The molecule has 4 N–H and O–H groups in total. The molecule has 1 spiro atoms. The maximum Gasteiger partial charge on any atom is 0.195 e. The number of aromatic amines is 1. The highest BCUT2D eigenvalue weighted by Gasteiger charge is 2.77. The van der Waals surface area contributed by atoms with Gasteiger partial charge in [-0.2, -0.15) is 0 Å². The number of nitrogens with one attached hydrogen (secondary N) is 1. The molecule has 5 aliphatic rings. The first-order valence-electron chi connectivity index (χ1n) is 12.3. The SMILES string of the molecule is CC1(C)O[C@@]23CC[C@]4(C)[C@@]5(C)c6[nH]c7ccc(O)cc7c6C[C@@H]5C[C@H](O)[C@@]4(O)C2=CC(=O)[C@@H]1O3. The Morgan fingerprint density at radius 2 is 1.91 bits per heavy atom. The van der Waals surface area contributed by atoms with E-state index in [-0.39, 0.29) is 17.5 Å². The Kier molecular flexibility index (Phi) is 3.59. The second-order valence-electron chi connectivity index (χ2n) is 12.1. The molecule has 0 radical (unpaired) electrons. The number of aliphatic hydroxyl groups is 2. The van der Waals surface area contributed by atoms with Gasteiger partial charge >= 0.3 is 0 Å². The van der Waals surface area contributed by atoms with Gasteiger partial charge in [0.1, 0.15) is 17.0 Å². The number of fused-ring (bicyclic) bond motifs is 9. The molecule has 7 rings (SSSR count).